The molecule has 27 heavy (non-hydrogen) atoms. The number of benzene rings is 1. The molecule has 3 heterocycles. The van der Waals surface area contributed by atoms with Crippen molar-refractivity contribution in [1.82, 2.24) is 19.4 Å². The summed E-state index contributed by atoms with van der Waals surface area (Å²) in [7, 11) is 0. The number of carbonyl (C=O) groups excluding carboxylic acids is 1. The van der Waals surface area contributed by atoms with Crippen molar-refractivity contribution in [3.63, 3.8) is 0 Å². The molecule has 1 N–H and O–H groups in total. The number of aromatic amines is 1. The number of hydrogen-bond donors (Lipinski definition) is 1. The Morgan fingerprint density at radius 3 is 2.96 bits per heavy atom. The van der Waals surface area contributed by atoms with Crippen LogP contribution < -0.4 is 0 Å². The summed E-state index contributed by atoms with van der Waals surface area (Å²) in [6, 6.07) is 8.68. The molecule has 5 nitrogen and oxygen atoms in total. The first-order chi connectivity index (χ1) is 13.2. The van der Waals surface area contributed by atoms with Crippen molar-refractivity contribution in [2.75, 3.05) is 13.1 Å². The second kappa shape index (κ2) is 6.55. The standard InChI is InChI=1S/C22H26N4O/c1-15-12-24-22(16-6-7-16)26(15)18-10-11-25(14-18)21(27)9-8-17-13-23-20-5-3-2-4-19(17)20/h2-5,12-13,16,18,23H,6-11,14H2,1H3/t18-/m0/s1. The Labute approximate surface area is 159 Å². The highest BCUT2D eigenvalue weighted by molar-refractivity contribution is 5.84. The SMILES string of the molecule is Cc1cnc(C2CC2)n1[C@H]1CCN(C(=O)CCc2c[nH]c3ccccc23)C1. The van der Waals surface area contributed by atoms with Gasteiger partial charge in [-0.25, -0.2) is 4.98 Å². The normalized spacial score (nSPS) is 19.9. The first-order valence-corrected chi connectivity index (χ1v) is 10.1. The number of amides is 1. The topological polar surface area (TPSA) is 53.9 Å². The van der Waals surface area contributed by atoms with Crippen molar-refractivity contribution in [2.24, 2.45) is 0 Å². The monoisotopic (exact) mass is 362 g/mol. The van der Waals surface area contributed by atoms with Gasteiger partial charge in [0.1, 0.15) is 5.82 Å². The summed E-state index contributed by atoms with van der Waals surface area (Å²) in [5.74, 6) is 2.16. The molecular weight excluding hydrogens is 336 g/mol. The number of nitrogens with one attached hydrogen (secondary N) is 1. The van der Waals surface area contributed by atoms with Crippen molar-refractivity contribution in [1.29, 1.82) is 0 Å². The van der Waals surface area contributed by atoms with E-state index in [1.807, 2.05) is 18.5 Å². The lowest BCUT2D eigenvalue weighted by molar-refractivity contribution is -0.130. The third-order valence-electron chi connectivity index (χ3n) is 6.12. The van der Waals surface area contributed by atoms with Crippen molar-refractivity contribution in [3.8, 4) is 0 Å². The van der Waals surface area contributed by atoms with Gasteiger partial charge in [-0.2, -0.15) is 0 Å². The number of carbonyl (C=O) groups is 1. The molecule has 2 aliphatic rings. The summed E-state index contributed by atoms with van der Waals surface area (Å²) in [6.07, 6.45) is 8.97. The number of aromatic nitrogens is 3. The van der Waals surface area contributed by atoms with E-state index in [0.717, 1.165) is 31.4 Å². The minimum absolute atomic E-state index is 0.272. The lowest BCUT2D eigenvalue weighted by Gasteiger charge is -2.19. The molecule has 0 bridgehead atoms. The molecule has 0 spiro atoms. The van der Waals surface area contributed by atoms with Gasteiger partial charge in [-0.05, 0) is 44.2 Å². The van der Waals surface area contributed by atoms with Crippen LogP contribution in [0.2, 0.25) is 0 Å². The second-order valence-corrected chi connectivity index (χ2v) is 8.04. The van der Waals surface area contributed by atoms with Crippen LogP contribution in [0.15, 0.2) is 36.7 Å². The van der Waals surface area contributed by atoms with Crippen LogP contribution in [0.3, 0.4) is 0 Å². The van der Waals surface area contributed by atoms with E-state index in [9.17, 15) is 4.79 Å². The van der Waals surface area contributed by atoms with E-state index in [2.05, 4.69) is 44.6 Å². The predicted molar refractivity (Wildman–Crippen MR) is 106 cm³/mol. The first-order valence-electron chi connectivity index (χ1n) is 10.1. The van der Waals surface area contributed by atoms with Crippen molar-refractivity contribution < 1.29 is 4.79 Å². The van der Waals surface area contributed by atoms with Gasteiger partial charge in [-0.3, -0.25) is 4.79 Å². The average Bonchev–Trinajstić information content (AvgIpc) is 3.10. The quantitative estimate of drug-likeness (QED) is 0.747. The average molecular weight is 362 g/mol. The number of likely N-dealkylation sites (tertiary alicyclic amines) is 1. The third kappa shape index (κ3) is 3.05. The van der Waals surface area contributed by atoms with Crippen molar-refractivity contribution in [2.45, 2.75) is 51.0 Å². The molecule has 5 heteroatoms. The smallest absolute Gasteiger partial charge is 0.222 e. The lowest BCUT2D eigenvalue weighted by Crippen LogP contribution is -2.29. The highest BCUT2D eigenvalue weighted by Gasteiger charge is 2.34. The summed E-state index contributed by atoms with van der Waals surface area (Å²) >= 11 is 0. The molecule has 1 saturated heterocycles. The van der Waals surface area contributed by atoms with Crippen LogP contribution in [0.4, 0.5) is 0 Å². The fraction of sp³-hybridized carbons (Fsp3) is 0.455. The van der Waals surface area contributed by atoms with E-state index in [1.54, 1.807) is 0 Å². The van der Waals surface area contributed by atoms with Crippen LogP contribution in [0, 0.1) is 6.92 Å². The van der Waals surface area contributed by atoms with Gasteiger partial charge in [-0.15, -0.1) is 0 Å². The zero-order valence-corrected chi connectivity index (χ0v) is 15.8. The molecule has 3 aromatic rings. The van der Waals surface area contributed by atoms with Crippen LogP contribution >= 0.6 is 0 Å². The van der Waals surface area contributed by atoms with Gasteiger partial charge in [0.05, 0.1) is 6.04 Å². The van der Waals surface area contributed by atoms with Crippen LogP contribution in [0.5, 0.6) is 0 Å². The first kappa shape index (κ1) is 16.6. The molecule has 1 aliphatic carbocycles. The fourth-order valence-corrected chi connectivity index (χ4v) is 4.50. The van der Waals surface area contributed by atoms with E-state index in [1.165, 1.54) is 35.3 Å². The van der Waals surface area contributed by atoms with E-state index >= 15 is 0 Å². The molecule has 1 amide bonds. The molecule has 5 rings (SSSR count). The third-order valence-corrected chi connectivity index (χ3v) is 6.12. The molecule has 2 fully saturated rings. The maximum absolute atomic E-state index is 12.8. The van der Waals surface area contributed by atoms with Gasteiger partial charge in [0.15, 0.2) is 0 Å². The van der Waals surface area contributed by atoms with Crippen LogP contribution in [-0.2, 0) is 11.2 Å². The lowest BCUT2D eigenvalue weighted by atomic mass is 10.1. The summed E-state index contributed by atoms with van der Waals surface area (Å²) in [5, 5.41) is 1.23. The molecule has 1 atom stereocenters. The maximum Gasteiger partial charge on any atom is 0.222 e. The largest absolute Gasteiger partial charge is 0.361 e. The number of fused-ring (bicyclic) bond motifs is 1. The molecule has 1 aromatic carbocycles. The molecule has 140 valence electrons. The molecule has 2 aromatic heterocycles. The van der Waals surface area contributed by atoms with E-state index in [4.69, 9.17) is 0 Å². The Morgan fingerprint density at radius 2 is 2.11 bits per heavy atom. The Morgan fingerprint density at radius 1 is 1.26 bits per heavy atom. The van der Waals surface area contributed by atoms with E-state index in [0.29, 0.717) is 18.4 Å². The van der Waals surface area contributed by atoms with Gasteiger partial charge < -0.3 is 14.5 Å². The summed E-state index contributed by atoms with van der Waals surface area (Å²) in [5.41, 5.74) is 3.61. The predicted octanol–water partition coefficient (Wildman–Crippen LogP) is 3.96. The molecule has 1 saturated carbocycles. The van der Waals surface area contributed by atoms with Gasteiger partial charge in [-0.1, -0.05) is 18.2 Å². The van der Waals surface area contributed by atoms with Crippen LogP contribution in [-0.4, -0.2) is 38.4 Å². The second-order valence-electron chi connectivity index (χ2n) is 8.04. The number of nitrogens with zero attached hydrogens (tertiary/aromatic N) is 3. The summed E-state index contributed by atoms with van der Waals surface area (Å²) < 4.78 is 2.41. The highest BCUT2D eigenvalue weighted by atomic mass is 16.2. The molecule has 0 radical (unpaired) electrons. The maximum atomic E-state index is 12.8. The number of aryl methyl sites for hydroxylation is 2. The Bertz CT molecular complexity index is 981. The fourth-order valence-electron chi connectivity index (χ4n) is 4.50. The van der Waals surface area contributed by atoms with E-state index < -0.39 is 0 Å². The zero-order chi connectivity index (χ0) is 18.4. The van der Waals surface area contributed by atoms with Gasteiger partial charge in [0, 0.05) is 54.4 Å². The Hall–Kier alpha value is -2.56. The number of hydrogen-bond acceptors (Lipinski definition) is 2. The molecular formula is C22H26N4O. The van der Waals surface area contributed by atoms with Gasteiger partial charge in [0.2, 0.25) is 5.91 Å². The van der Waals surface area contributed by atoms with Crippen LogP contribution in [0.1, 0.15) is 54.7 Å². The minimum atomic E-state index is 0.272. The number of para-hydroxylation sites is 1. The number of H-pyrrole nitrogens is 1. The highest BCUT2D eigenvalue weighted by Crippen LogP contribution is 2.41. The number of imidazole rings is 1. The van der Waals surface area contributed by atoms with Crippen molar-refractivity contribution in [3.05, 3.63) is 53.7 Å². The number of rotatable bonds is 5. The van der Waals surface area contributed by atoms with Gasteiger partial charge in [0.25, 0.3) is 0 Å². The summed E-state index contributed by atoms with van der Waals surface area (Å²) in [4.78, 5) is 22.8. The minimum Gasteiger partial charge on any atom is -0.361 e. The molecule has 0 unspecified atom stereocenters. The molecule has 1 aliphatic heterocycles. The summed E-state index contributed by atoms with van der Waals surface area (Å²) in [6.45, 7) is 3.82. The Balaban J connectivity index is 1.24. The van der Waals surface area contributed by atoms with Crippen molar-refractivity contribution >= 4 is 16.8 Å². The Kier molecular flexibility index (Phi) is 4.03. The zero-order valence-electron chi connectivity index (χ0n) is 15.8. The van der Waals surface area contributed by atoms with Gasteiger partial charge >= 0.3 is 0 Å². The van der Waals surface area contributed by atoms with E-state index in [-0.39, 0.29) is 5.91 Å². The van der Waals surface area contributed by atoms with Crippen LogP contribution in [0.25, 0.3) is 10.9 Å².